The molecule has 118 valence electrons. The molecule has 3 N–H and O–H groups in total. The Morgan fingerprint density at radius 1 is 1.48 bits per heavy atom. The fraction of sp³-hybridized carbons (Fsp3) is 0.462. The number of rotatable bonds is 7. The molecule has 1 rings (SSSR count). The van der Waals surface area contributed by atoms with Crippen molar-refractivity contribution in [3.05, 3.63) is 29.8 Å². The predicted octanol–water partition coefficient (Wildman–Crippen LogP) is 0.972. The quantitative estimate of drug-likeness (QED) is 0.337. The van der Waals surface area contributed by atoms with Gasteiger partial charge in [-0.05, 0) is 26.0 Å². The molecular formula is C13H21N3O4S. The Labute approximate surface area is 125 Å². The van der Waals surface area contributed by atoms with Gasteiger partial charge in [-0.25, -0.2) is 8.42 Å². The highest BCUT2D eigenvalue weighted by molar-refractivity contribution is 7.92. The number of oxime groups is 1. The normalized spacial score (nSPS) is 12.7. The molecule has 1 aromatic rings. The highest BCUT2D eigenvalue weighted by Crippen LogP contribution is 2.18. The number of amidine groups is 1. The van der Waals surface area contributed by atoms with E-state index in [0.717, 1.165) is 4.31 Å². The van der Waals surface area contributed by atoms with Crippen molar-refractivity contribution in [2.45, 2.75) is 20.0 Å². The Morgan fingerprint density at radius 3 is 2.71 bits per heavy atom. The first-order chi connectivity index (χ1) is 9.77. The van der Waals surface area contributed by atoms with Gasteiger partial charge in [-0.15, -0.1) is 0 Å². The van der Waals surface area contributed by atoms with Crippen molar-refractivity contribution < 1.29 is 18.4 Å². The second kappa shape index (κ2) is 7.28. The van der Waals surface area contributed by atoms with Gasteiger partial charge in [0.15, 0.2) is 5.84 Å². The lowest BCUT2D eigenvalue weighted by atomic mass is 10.2. The van der Waals surface area contributed by atoms with Gasteiger partial charge in [0.1, 0.15) is 0 Å². The van der Waals surface area contributed by atoms with Crippen LogP contribution in [0.15, 0.2) is 29.4 Å². The lowest BCUT2D eigenvalue weighted by molar-refractivity contribution is 0.0912. The summed E-state index contributed by atoms with van der Waals surface area (Å²) in [5.41, 5.74) is 6.37. The Kier molecular flexibility index (Phi) is 5.98. The van der Waals surface area contributed by atoms with Crippen molar-refractivity contribution in [2.24, 2.45) is 10.9 Å². The average molecular weight is 315 g/mol. The maximum atomic E-state index is 12.2. The highest BCUT2D eigenvalue weighted by atomic mass is 32.2. The molecule has 0 aliphatic rings. The molecule has 0 bridgehead atoms. The number of benzene rings is 1. The van der Waals surface area contributed by atoms with Crippen LogP contribution < -0.4 is 10.0 Å². The van der Waals surface area contributed by atoms with E-state index >= 15 is 0 Å². The average Bonchev–Trinajstić information content (AvgIpc) is 2.45. The summed E-state index contributed by atoms with van der Waals surface area (Å²) in [4.78, 5) is 0. The van der Waals surface area contributed by atoms with Crippen molar-refractivity contribution >= 4 is 21.5 Å². The summed E-state index contributed by atoms with van der Waals surface area (Å²) in [6.07, 6.45) is -0.0191. The van der Waals surface area contributed by atoms with Crippen LogP contribution in [0.4, 0.5) is 5.69 Å². The number of hydrogen-bond acceptors (Lipinski definition) is 5. The van der Waals surface area contributed by atoms with E-state index in [1.54, 1.807) is 18.2 Å². The summed E-state index contributed by atoms with van der Waals surface area (Å²) >= 11 is 0. The summed E-state index contributed by atoms with van der Waals surface area (Å²) in [7, 11) is -2.04. The largest absolute Gasteiger partial charge is 0.409 e. The number of nitrogens with zero attached hydrogens (tertiary/aromatic N) is 2. The number of sulfonamides is 1. The van der Waals surface area contributed by atoms with Crippen LogP contribution in [0.5, 0.6) is 0 Å². The molecule has 0 saturated heterocycles. The van der Waals surface area contributed by atoms with Crippen LogP contribution in [-0.2, 0) is 14.8 Å². The van der Waals surface area contributed by atoms with E-state index in [2.05, 4.69) is 5.16 Å². The number of hydrogen-bond donors (Lipinski definition) is 2. The van der Waals surface area contributed by atoms with Gasteiger partial charge in [-0.3, -0.25) is 4.31 Å². The fourth-order valence-corrected chi connectivity index (χ4v) is 2.62. The molecule has 0 fully saturated rings. The molecule has 0 aliphatic heterocycles. The molecule has 0 amide bonds. The van der Waals surface area contributed by atoms with Gasteiger partial charge in [0, 0.05) is 12.6 Å². The van der Waals surface area contributed by atoms with Gasteiger partial charge >= 0.3 is 0 Å². The standard InChI is InChI=1S/C13H21N3O4S/c1-10(2)20-7-8-21(18,19)16(3)12-6-4-5-11(9-12)13(14)15-17/h4-6,9-10,17H,7-8H2,1-3H3,(H2,14,15). The molecule has 0 spiro atoms. The maximum absolute atomic E-state index is 12.2. The van der Waals surface area contributed by atoms with Crippen molar-refractivity contribution in [2.75, 3.05) is 23.7 Å². The smallest absolute Gasteiger partial charge is 0.237 e. The molecule has 8 heteroatoms. The zero-order valence-corrected chi connectivity index (χ0v) is 13.2. The first kappa shape index (κ1) is 17.3. The topological polar surface area (TPSA) is 105 Å². The van der Waals surface area contributed by atoms with E-state index in [4.69, 9.17) is 15.7 Å². The van der Waals surface area contributed by atoms with Crippen molar-refractivity contribution in [1.82, 2.24) is 0 Å². The first-order valence-corrected chi connectivity index (χ1v) is 8.05. The highest BCUT2D eigenvalue weighted by Gasteiger charge is 2.19. The van der Waals surface area contributed by atoms with Crippen LogP contribution in [0.1, 0.15) is 19.4 Å². The zero-order chi connectivity index (χ0) is 16.0. The molecule has 0 atom stereocenters. The number of anilines is 1. The molecule has 0 unspecified atom stereocenters. The van der Waals surface area contributed by atoms with E-state index in [1.165, 1.54) is 13.1 Å². The first-order valence-electron chi connectivity index (χ1n) is 6.44. The van der Waals surface area contributed by atoms with E-state index in [0.29, 0.717) is 11.3 Å². The molecule has 7 nitrogen and oxygen atoms in total. The van der Waals surface area contributed by atoms with E-state index < -0.39 is 10.0 Å². The monoisotopic (exact) mass is 315 g/mol. The third-order valence-corrected chi connectivity index (χ3v) is 4.55. The van der Waals surface area contributed by atoms with Crippen LogP contribution in [0.2, 0.25) is 0 Å². The van der Waals surface area contributed by atoms with Crippen LogP contribution in [0.3, 0.4) is 0 Å². The fourth-order valence-electron chi connectivity index (χ4n) is 1.61. The van der Waals surface area contributed by atoms with Crippen LogP contribution >= 0.6 is 0 Å². The van der Waals surface area contributed by atoms with Gasteiger partial charge < -0.3 is 15.7 Å². The Morgan fingerprint density at radius 2 is 2.14 bits per heavy atom. The SMILES string of the molecule is CC(C)OCCS(=O)(=O)N(C)c1cccc(C(N)=NO)c1. The minimum atomic E-state index is -3.49. The van der Waals surface area contributed by atoms with Gasteiger partial charge in [0.2, 0.25) is 10.0 Å². The lowest BCUT2D eigenvalue weighted by Gasteiger charge is -2.20. The molecule has 21 heavy (non-hydrogen) atoms. The third-order valence-electron chi connectivity index (χ3n) is 2.82. The van der Waals surface area contributed by atoms with Crippen LogP contribution in [0.25, 0.3) is 0 Å². The van der Waals surface area contributed by atoms with Crippen molar-refractivity contribution in [3.8, 4) is 0 Å². The van der Waals surface area contributed by atoms with Gasteiger partial charge in [0.05, 0.1) is 24.2 Å². The summed E-state index contributed by atoms with van der Waals surface area (Å²) in [5, 5.41) is 11.6. The second-order valence-corrected chi connectivity index (χ2v) is 6.86. The number of ether oxygens (including phenoxy) is 1. The lowest BCUT2D eigenvalue weighted by Crippen LogP contribution is -2.31. The molecule has 0 aliphatic carbocycles. The third kappa shape index (κ3) is 4.91. The maximum Gasteiger partial charge on any atom is 0.237 e. The van der Waals surface area contributed by atoms with Crippen molar-refractivity contribution in [3.63, 3.8) is 0 Å². The Bertz CT molecular complexity index is 599. The minimum absolute atomic E-state index is 0.0191. The molecule has 0 saturated carbocycles. The van der Waals surface area contributed by atoms with E-state index in [9.17, 15) is 8.42 Å². The minimum Gasteiger partial charge on any atom is -0.409 e. The summed E-state index contributed by atoms with van der Waals surface area (Å²) in [6, 6.07) is 6.44. The Balaban J connectivity index is 2.89. The molecule has 0 aromatic heterocycles. The molecular weight excluding hydrogens is 294 g/mol. The van der Waals surface area contributed by atoms with Gasteiger partial charge in [-0.2, -0.15) is 0 Å². The molecule has 0 heterocycles. The second-order valence-electron chi connectivity index (χ2n) is 4.74. The Hall–Kier alpha value is -1.80. The molecule has 0 radical (unpaired) electrons. The van der Waals surface area contributed by atoms with Crippen LogP contribution in [-0.4, -0.2) is 45.0 Å². The summed E-state index contributed by atoms with van der Waals surface area (Å²) in [5.74, 6) is -0.194. The number of nitrogens with two attached hydrogens (primary N) is 1. The summed E-state index contributed by atoms with van der Waals surface area (Å²) < 4.78 is 30.8. The predicted molar refractivity (Wildman–Crippen MR) is 82.2 cm³/mol. The van der Waals surface area contributed by atoms with E-state index in [1.807, 2.05) is 13.8 Å². The summed E-state index contributed by atoms with van der Waals surface area (Å²) in [6.45, 7) is 3.82. The van der Waals surface area contributed by atoms with Gasteiger partial charge in [-0.1, -0.05) is 17.3 Å². The van der Waals surface area contributed by atoms with Crippen molar-refractivity contribution in [1.29, 1.82) is 0 Å². The van der Waals surface area contributed by atoms with E-state index in [-0.39, 0.29) is 24.3 Å². The van der Waals surface area contributed by atoms with Crippen LogP contribution in [0, 0.1) is 0 Å². The molecule has 1 aromatic carbocycles. The van der Waals surface area contributed by atoms with Gasteiger partial charge in [0.25, 0.3) is 0 Å². The zero-order valence-electron chi connectivity index (χ0n) is 12.4.